The van der Waals surface area contributed by atoms with Crippen molar-refractivity contribution in [1.29, 1.82) is 0 Å². The lowest BCUT2D eigenvalue weighted by atomic mass is 9.69. The highest BCUT2D eigenvalue weighted by molar-refractivity contribution is 6.30. The van der Waals surface area contributed by atoms with Crippen LogP contribution >= 0.6 is 11.6 Å². The first-order valence-electron chi connectivity index (χ1n) is 6.05. The fraction of sp³-hybridized carbons (Fsp3) is 0.538. The summed E-state index contributed by atoms with van der Waals surface area (Å²) >= 11 is 5.61. The molecule has 0 spiro atoms. The van der Waals surface area contributed by atoms with Crippen LogP contribution in [0.1, 0.15) is 37.7 Å². The van der Waals surface area contributed by atoms with Crippen molar-refractivity contribution in [2.45, 2.75) is 37.5 Å². The lowest BCUT2D eigenvalue weighted by Gasteiger charge is -2.37. The molecule has 1 fully saturated rings. The van der Waals surface area contributed by atoms with Crippen LogP contribution in [0.5, 0.6) is 0 Å². The first-order valence-corrected chi connectivity index (χ1v) is 6.43. The molecule has 1 aliphatic carbocycles. The Kier molecular flexibility index (Phi) is 3.87. The molecule has 1 saturated carbocycles. The summed E-state index contributed by atoms with van der Waals surface area (Å²) in [4.78, 5) is 0. The van der Waals surface area contributed by atoms with Gasteiger partial charge in [-0.25, -0.2) is 13.2 Å². The molecule has 1 nitrogen and oxygen atoms in total. The van der Waals surface area contributed by atoms with E-state index in [1.807, 2.05) is 0 Å². The SMILES string of the molecule is NCC1(c2c(F)c(F)cc(Cl)c2F)CCCCC1. The van der Waals surface area contributed by atoms with Crippen LogP contribution in [0.2, 0.25) is 5.02 Å². The van der Waals surface area contributed by atoms with Crippen LogP contribution in [0.4, 0.5) is 13.2 Å². The number of rotatable bonds is 2. The van der Waals surface area contributed by atoms with Gasteiger partial charge in [0.1, 0.15) is 5.82 Å². The van der Waals surface area contributed by atoms with Gasteiger partial charge in [0.2, 0.25) is 0 Å². The Bertz CT molecular complexity index is 430. The number of benzene rings is 1. The van der Waals surface area contributed by atoms with E-state index in [2.05, 4.69) is 0 Å². The van der Waals surface area contributed by atoms with Gasteiger partial charge >= 0.3 is 0 Å². The predicted molar refractivity (Wildman–Crippen MR) is 65.1 cm³/mol. The Morgan fingerprint density at radius 3 is 2.28 bits per heavy atom. The van der Waals surface area contributed by atoms with Gasteiger partial charge < -0.3 is 5.73 Å². The maximum Gasteiger partial charge on any atom is 0.165 e. The van der Waals surface area contributed by atoms with Crippen LogP contribution < -0.4 is 5.73 Å². The molecule has 1 aromatic carbocycles. The molecule has 0 atom stereocenters. The second kappa shape index (κ2) is 5.10. The van der Waals surface area contributed by atoms with E-state index in [1.165, 1.54) is 0 Å². The monoisotopic (exact) mass is 277 g/mol. The summed E-state index contributed by atoms with van der Waals surface area (Å²) in [6.07, 6.45) is 3.82. The minimum Gasteiger partial charge on any atom is -0.330 e. The van der Waals surface area contributed by atoms with Gasteiger partial charge in [0.15, 0.2) is 11.6 Å². The van der Waals surface area contributed by atoms with Crippen LogP contribution in [0.25, 0.3) is 0 Å². The average molecular weight is 278 g/mol. The number of hydrogen-bond donors (Lipinski definition) is 1. The van der Waals surface area contributed by atoms with Crippen molar-refractivity contribution in [3.63, 3.8) is 0 Å². The highest BCUT2D eigenvalue weighted by atomic mass is 35.5. The molecule has 100 valence electrons. The largest absolute Gasteiger partial charge is 0.330 e. The number of hydrogen-bond acceptors (Lipinski definition) is 1. The fourth-order valence-corrected chi connectivity index (χ4v) is 3.01. The zero-order valence-electron chi connectivity index (χ0n) is 9.91. The van der Waals surface area contributed by atoms with E-state index in [4.69, 9.17) is 17.3 Å². The standard InChI is InChI=1S/C13H15ClF3N/c14-8-6-9(15)12(17)10(11(8)16)13(7-18)4-2-1-3-5-13/h6H,1-5,7,18H2. The molecule has 2 N–H and O–H groups in total. The minimum absolute atomic E-state index is 0.0978. The lowest BCUT2D eigenvalue weighted by molar-refractivity contribution is 0.277. The zero-order chi connectivity index (χ0) is 13.3. The predicted octanol–water partition coefficient (Wildman–Crippen LogP) is 3.92. The van der Waals surface area contributed by atoms with E-state index in [1.54, 1.807) is 0 Å². The fourth-order valence-electron chi connectivity index (χ4n) is 2.82. The molecule has 2 rings (SSSR count). The molecule has 0 amide bonds. The summed E-state index contributed by atoms with van der Waals surface area (Å²) in [6, 6.07) is 0.669. The van der Waals surface area contributed by atoms with E-state index in [-0.39, 0.29) is 17.1 Å². The lowest BCUT2D eigenvalue weighted by Crippen LogP contribution is -2.39. The molecule has 1 aromatic rings. The van der Waals surface area contributed by atoms with Crippen molar-refractivity contribution >= 4 is 11.6 Å². The third-order valence-electron chi connectivity index (χ3n) is 3.84. The molecular formula is C13H15ClF3N. The molecule has 0 bridgehead atoms. The third kappa shape index (κ3) is 2.12. The molecule has 18 heavy (non-hydrogen) atoms. The van der Waals surface area contributed by atoms with Crippen molar-refractivity contribution in [3.05, 3.63) is 34.1 Å². The van der Waals surface area contributed by atoms with E-state index in [0.717, 1.165) is 19.3 Å². The van der Waals surface area contributed by atoms with Crippen molar-refractivity contribution < 1.29 is 13.2 Å². The summed E-state index contributed by atoms with van der Waals surface area (Å²) in [5.74, 6) is -3.14. The second-order valence-electron chi connectivity index (χ2n) is 4.89. The van der Waals surface area contributed by atoms with Gasteiger partial charge in [-0.15, -0.1) is 0 Å². The summed E-state index contributed by atoms with van der Waals surface area (Å²) in [6.45, 7) is 0.0978. The number of halogens is 4. The van der Waals surface area contributed by atoms with Crippen LogP contribution in [0, 0.1) is 17.5 Å². The van der Waals surface area contributed by atoms with E-state index in [9.17, 15) is 13.2 Å². The molecule has 0 unspecified atom stereocenters. The van der Waals surface area contributed by atoms with Crippen LogP contribution in [0.15, 0.2) is 6.07 Å². The van der Waals surface area contributed by atoms with Crippen molar-refractivity contribution in [3.8, 4) is 0 Å². The molecule has 0 heterocycles. The van der Waals surface area contributed by atoms with Crippen LogP contribution in [0.3, 0.4) is 0 Å². The maximum atomic E-state index is 14.1. The van der Waals surface area contributed by atoms with Gasteiger partial charge in [-0.05, 0) is 18.9 Å². The molecule has 0 aromatic heterocycles. The highest BCUT2D eigenvalue weighted by Crippen LogP contribution is 2.42. The quantitative estimate of drug-likeness (QED) is 0.815. The molecule has 0 aliphatic heterocycles. The van der Waals surface area contributed by atoms with Crippen LogP contribution in [-0.4, -0.2) is 6.54 Å². The van der Waals surface area contributed by atoms with E-state index in [0.29, 0.717) is 18.9 Å². The Balaban J connectivity index is 2.61. The Labute approximate surface area is 109 Å². The summed E-state index contributed by atoms with van der Waals surface area (Å²) in [7, 11) is 0. The summed E-state index contributed by atoms with van der Waals surface area (Å²) < 4.78 is 41.4. The Morgan fingerprint density at radius 2 is 1.72 bits per heavy atom. The second-order valence-corrected chi connectivity index (χ2v) is 5.30. The zero-order valence-corrected chi connectivity index (χ0v) is 10.7. The molecular weight excluding hydrogens is 263 g/mol. The van der Waals surface area contributed by atoms with Crippen molar-refractivity contribution in [2.24, 2.45) is 5.73 Å². The molecule has 0 saturated heterocycles. The topological polar surface area (TPSA) is 26.0 Å². The van der Waals surface area contributed by atoms with Gasteiger partial charge in [0.05, 0.1) is 5.02 Å². The minimum atomic E-state index is -1.15. The third-order valence-corrected chi connectivity index (χ3v) is 4.12. The number of nitrogens with two attached hydrogens (primary N) is 1. The Morgan fingerprint density at radius 1 is 1.11 bits per heavy atom. The first-order chi connectivity index (χ1) is 8.52. The average Bonchev–Trinajstić information content (AvgIpc) is 2.38. The van der Waals surface area contributed by atoms with Gasteiger partial charge in [-0.1, -0.05) is 30.9 Å². The molecule has 5 heteroatoms. The van der Waals surface area contributed by atoms with Gasteiger partial charge in [0.25, 0.3) is 0 Å². The van der Waals surface area contributed by atoms with E-state index >= 15 is 0 Å². The van der Waals surface area contributed by atoms with Crippen LogP contribution in [-0.2, 0) is 5.41 Å². The smallest absolute Gasteiger partial charge is 0.165 e. The Hall–Kier alpha value is -0.740. The summed E-state index contributed by atoms with van der Waals surface area (Å²) in [5.41, 5.74) is 4.62. The van der Waals surface area contributed by atoms with Gasteiger partial charge in [-0.2, -0.15) is 0 Å². The molecule has 0 radical (unpaired) electrons. The van der Waals surface area contributed by atoms with Crippen molar-refractivity contribution in [2.75, 3.05) is 6.54 Å². The maximum absolute atomic E-state index is 14.1. The van der Waals surface area contributed by atoms with Crippen molar-refractivity contribution in [1.82, 2.24) is 0 Å². The van der Waals surface area contributed by atoms with E-state index < -0.39 is 22.9 Å². The molecule has 1 aliphatic rings. The normalized spacial score (nSPS) is 18.9. The highest BCUT2D eigenvalue weighted by Gasteiger charge is 2.39. The van der Waals surface area contributed by atoms with Gasteiger partial charge in [0, 0.05) is 17.5 Å². The van der Waals surface area contributed by atoms with Gasteiger partial charge in [-0.3, -0.25) is 0 Å². The summed E-state index contributed by atoms with van der Waals surface area (Å²) in [5, 5.41) is -0.387. The first kappa shape index (κ1) is 13.7.